The predicted octanol–water partition coefficient (Wildman–Crippen LogP) is 15.3. The van der Waals surface area contributed by atoms with Crippen LogP contribution in [0.5, 0.6) is 0 Å². The second kappa shape index (κ2) is 46.3. The summed E-state index contributed by atoms with van der Waals surface area (Å²) >= 11 is 0. The molecule has 0 aliphatic rings. The molecule has 58 heavy (non-hydrogen) atoms. The molecule has 1 atom stereocenters. The molecule has 0 heterocycles. The van der Waals surface area contributed by atoms with Crippen LogP contribution in [0, 0.1) is 0 Å². The van der Waals surface area contributed by atoms with Gasteiger partial charge in [0.25, 0.3) is 0 Å². The van der Waals surface area contributed by atoms with Gasteiger partial charge in [0, 0.05) is 19.3 Å². The number of rotatable bonds is 41. The third-order valence-corrected chi connectivity index (χ3v) is 9.65. The number of unbranched alkanes of at least 4 members (excludes halogenated alkanes) is 16. The summed E-state index contributed by atoms with van der Waals surface area (Å²) in [7, 11) is 0. The second-order valence-electron chi connectivity index (χ2n) is 15.3. The van der Waals surface area contributed by atoms with Gasteiger partial charge in [-0.3, -0.25) is 14.4 Å². The van der Waals surface area contributed by atoms with Crippen molar-refractivity contribution < 1.29 is 28.6 Å². The van der Waals surface area contributed by atoms with Crippen molar-refractivity contribution in [3.8, 4) is 0 Å². The summed E-state index contributed by atoms with van der Waals surface area (Å²) in [5.74, 6) is -0.975. The third-order valence-electron chi connectivity index (χ3n) is 9.65. The normalized spacial score (nSPS) is 12.8. The van der Waals surface area contributed by atoms with Crippen LogP contribution < -0.4 is 0 Å². The summed E-state index contributed by atoms with van der Waals surface area (Å²) in [6.07, 6.45) is 58.6. The molecule has 0 spiro atoms. The minimum absolute atomic E-state index is 0.0973. The number of hydrogen-bond donors (Lipinski definition) is 0. The maximum Gasteiger partial charge on any atom is 0.306 e. The number of esters is 3. The molecule has 0 aliphatic heterocycles. The first-order valence-corrected chi connectivity index (χ1v) is 23.6. The largest absolute Gasteiger partial charge is 0.462 e. The first kappa shape index (κ1) is 54.6. The Morgan fingerprint density at radius 3 is 1.12 bits per heavy atom. The van der Waals surface area contributed by atoms with Gasteiger partial charge in [0.1, 0.15) is 13.2 Å². The molecule has 0 radical (unpaired) electrons. The summed E-state index contributed by atoms with van der Waals surface area (Å²) in [6, 6.07) is 0. The smallest absolute Gasteiger partial charge is 0.306 e. The van der Waals surface area contributed by atoms with Crippen LogP contribution in [0.4, 0.5) is 0 Å². The van der Waals surface area contributed by atoms with Crippen LogP contribution in [0.3, 0.4) is 0 Å². The van der Waals surface area contributed by atoms with E-state index < -0.39 is 6.10 Å². The van der Waals surface area contributed by atoms with E-state index in [0.717, 1.165) is 96.3 Å². The van der Waals surface area contributed by atoms with Crippen molar-refractivity contribution in [2.75, 3.05) is 13.2 Å². The molecule has 0 saturated heterocycles. The zero-order valence-corrected chi connectivity index (χ0v) is 37.5. The second-order valence-corrected chi connectivity index (χ2v) is 15.3. The van der Waals surface area contributed by atoms with Crippen LogP contribution in [0.1, 0.15) is 207 Å². The highest BCUT2D eigenvalue weighted by molar-refractivity contribution is 5.71. The molecule has 0 N–H and O–H groups in total. The number of carbonyl (C=O) groups is 3. The third kappa shape index (κ3) is 43.7. The Hall–Kier alpha value is -3.41. The molecule has 0 amide bonds. The van der Waals surface area contributed by atoms with Gasteiger partial charge in [0.2, 0.25) is 0 Å². The van der Waals surface area contributed by atoms with Crippen molar-refractivity contribution in [3.63, 3.8) is 0 Å². The lowest BCUT2D eigenvalue weighted by Crippen LogP contribution is -2.30. The molecule has 0 saturated carbocycles. The van der Waals surface area contributed by atoms with E-state index in [2.05, 4.69) is 106 Å². The quantitative estimate of drug-likeness (QED) is 0.0265. The van der Waals surface area contributed by atoms with E-state index in [0.29, 0.717) is 19.3 Å². The van der Waals surface area contributed by atoms with Gasteiger partial charge < -0.3 is 14.2 Å². The van der Waals surface area contributed by atoms with Gasteiger partial charge in [-0.1, -0.05) is 189 Å². The van der Waals surface area contributed by atoms with Crippen molar-refractivity contribution in [1.82, 2.24) is 0 Å². The van der Waals surface area contributed by atoms with Crippen molar-refractivity contribution in [2.45, 2.75) is 213 Å². The van der Waals surface area contributed by atoms with Crippen molar-refractivity contribution in [1.29, 1.82) is 0 Å². The summed E-state index contributed by atoms with van der Waals surface area (Å²) in [4.78, 5) is 37.7. The molecular formula is C52H86O6. The van der Waals surface area contributed by atoms with Crippen molar-refractivity contribution in [3.05, 3.63) is 85.1 Å². The maximum atomic E-state index is 12.7. The highest BCUT2D eigenvalue weighted by Crippen LogP contribution is 2.13. The molecule has 1 unspecified atom stereocenters. The summed E-state index contributed by atoms with van der Waals surface area (Å²) < 4.78 is 16.7. The molecule has 0 bridgehead atoms. The Morgan fingerprint density at radius 2 is 0.690 bits per heavy atom. The van der Waals surface area contributed by atoms with E-state index in [9.17, 15) is 14.4 Å². The molecule has 6 nitrogen and oxygen atoms in total. The molecule has 0 aromatic carbocycles. The SMILES string of the molecule is CC/C=C\C/C=C\C/C=C\C/C=C\C/C=C\CCCC(=O)OCC(COC(=O)CCCCCCCCCCC)OC(=O)CCCCCCCCC/C=C\C/C=C\CC. The molecule has 0 rings (SSSR count). The zero-order chi connectivity index (χ0) is 42.3. The highest BCUT2D eigenvalue weighted by Gasteiger charge is 2.19. The molecule has 0 aromatic heterocycles. The van der Waals surface area contributed by atoms with Gasteiger partial charge in [-0.25, -0.2) is 0 Å². The van der Waals surface area contributed by atoms with E-state index in [-0.39, 0.29) is 37.5 Å². The predicted molar refractivity (Wildman–Crippen MR) is 247 cm³/mol. The van der Waals surface area contributed by atoms with Crippen LogP contribution >= 0.6 is 0 Å². The average Bonchev–Trinajstić information content (AvgIpc) is 3.22. The molecule has 0 fully saturated rings. The van der Waals surface area contributed by atoms with E-state index in [1.807, 2.05) is 0 Å². The Balaban J connectivity index is 4.46. The first-order chi connectivity index (χ1) is 28.5. The van der Waals surface area contributed by atoms with E-state index in [1.54, 1.807) is 0 Å². The topological polar surface area (TPSA) is 78.9 Å². The first-order valence-electron chi connectivity index (χ1n) is 23.6. The lowest BCUT2D eigenvalue weighted by molar-refractivity contribution is -0.167. The van der Waals surface area contributed by atoms with Gasteiger partial charge in [-0.05, 0) is 83.5 Å². The Bertz CT molecular complexity index is 1160. The zero-order valence-electron chi connectivity index (χ0n) is 37.5. The minimum Gasteiger partial charge on any atom is -0.462 e. The van der Waals surface area contributed by atoms with E-state index in [1.165, 1.54) is 64.2 Å². The summed E-state index contributed by atoms with van der Waals surface area (Å²) in [5, 5.41) is 0. The van der Waals surface area contributed by atoms with Crippen LogP contribution in [0.2, 0.25) is 0 Å². The Labute approximate surface area is 356 Å². The van der Waals surface area contributed by atoms with Crippen LogP contribution in [0.15, 0.2) is 85.1 Å². The number of carbonyl (C=O) groups excluding carboxylic acids is 3. The fraction of sp³-hybridized carbons (Fsp3) is 0.673. The number of allylic oxidation sites excluding steroid dienone is 14. The van der Waals surface area contributed by atoms with Crippen LogP contribution in [0.25, 0.3) is 0 Å². The van der Waals surface area contributed by atoms with Crippen LogP contribution in [-0.2, 0) is 28.6 Å². The lowest BCUT2D eigenvalue weighted by atomic mass is 10.1. The standard InChI is InChI=1S/C52H86O6/c1-4-7-10-13-16-19-21-23-25-26-27-29-30-33-36-39-42-45-51(54)57-48-49(47-56-50(53)44-41-38-35-32-18-15-12-9-6-3)58-52(55)46-43-40-37-34-31-28-24-22-20-17-14-11-8-5-2/h7-8,10-11,16-17,19-20,23,25,27,29,33,36,49H,4-6,9,12-15,18,21-22,24,26,28,30-32,34-35,37-48H2,1-3H3/b10-7-,11-8-,19-16-,20-17-,25-23-,29-27-,36-33-. The average molecular weight is 807 g/mol. The molecule has 6 heteroatoms. The lowest BCUT2D eigenvalue weighted by Gasteiger charge is -2.18. The van der Waals surface area contributed by atoms with Crippen molar-refractivity contribution in [2.24, 2.45) is 0 Å². The maximum absolute atomic E-state index is 12.7. The highest BCUT2D eigenvalue weighted by atomic mass is 16.6. The van der Waals surface area contributed by atoms with Gasteiger partial charge >= 0.3 is 17.9 Å². The molecule has 0 aliphatic carbocycles. The molecule has 0 aromatic rings. The van der Waals surface area contributed by atoms with Gasteiger partial charge in [-0.2, -0.15) is 0 Å². The van der Waals surface area contributed by atoms with Gasteiger partial charge in [0.05, 0.1) is 0 Å². The van der Waals surface area contributed by atoms with E-state index >= 15 is 0 Å². The van der Waals surface area contributed by atoms with Gasteiger partial charge in [0.15, 0.2) is 6.10 Å². The number of hydrogen-bond acceptors (Lipinski definition) is 6. The minimum atomic E-state index is -0.800. The Morgan fingerprint density at radius 1 is 0.362 bits per heavy atom. The monoisotopic (exact) mass is 807 g/mol. The summed E-state index contributed by atoms with van der Waals surface area (Å²) in [5.41, 5.74) is 0. The number of ether oxygens (including phenoxy) is 3. The fourth-order valence-electron chi connectivity index (χ4n) is 6.16. The van der Waals surface area contributed by atoms with Crippen LogP contribution in [-0.4, -0.2) is 37.2 Å². The summed E-state index contributed by atoms with van der Waals surface area (Å²) in [6.45, 7) is 6.32. The van der Waals surface area contributed by atoms with E-state index in [4.69, 9.17) is 14.2 Å². The Kier molecular flexibility index (Phi) is 43.6. The molecular weight excluding hydrogens is 721 g/mol. The fourth-order valence-corrected chi connectivity index (χ4v) is 6.16. The van der Waals surface area contributed by atoms with Crippen molar-refractivity contribution >= 4 is 17.9 Å². The molecule has 330 valence electrons. The van der Waals surface area contributed by atoms with Gasteiger partial charge in [-0.15, -0.1) is 0 Å².